The molecular formula is C14H15F2N3O2. The number of nitrogens with two attached hydrogens (primary N) is 1. The van der Waals surface area contributed by atoms with Crippen LogP contribution in [0.3, 0.4) is 0 Å². The average Bonchev–Trinajstić information content (AvgIpc) is 2.44. The zero-order chi connectivity index (χ0) is 15.8. The van der Waals surface area contributed by atoms with Crippen molar-refractivity contribution in [2.45, 2.75) is 31.7 Å². The predicted molar refractivity (Wildman–Crippen MR) is 70.9 cm³/mol. The van der Waals surface area contributed by atoms with Gasteiger partial charge in [-0.25, -0.2) is 8.78 Å². The molecule has 0 fully saturated rings. The summed E-state index contributed by atoms with van der Waals surface area (Å²) in [5.74, 6) is -4.09. The van der Waals surface area contributed by atoms with Crippen LogP contribution >= 0.6 is 0 Å². The molecule has 0 saturated heterocycles. The van der Waals surface area contributed by atoms with Crippen molar-refractivity contribution in [1.82, 2.24) is 5.32 Å². The fourth-order valence-corrected chi connectivity index (χ4v) is 1.75. The summed E-state index contributed by atoms with van der Waals surface area (Å²) in [5.41, 5.74) is 4.67. The lowest BCUT2D eigenvalue weighted by molar-refractivity contribution is -0.120. The van der Waals surface area contributed by atoms with Crippen LogP contribution in [-0.4, -0.2) is 17.9 Å². The largest absolute Gasteiger partial charge is 0.368 e. The van der Waals surface area contributed by atoms with Crippen LogP contribution in [-0.2, 0) is 4.79 Å². The normalized spacial score (nSPS) is 11.5. The lowest BCUT2D eigenvalue weighted by atomic mass is 10.1. The number of rotatable bonds is 7. The van der Waals surface area contributed by atoms with Crippen LogP contribution in [0.15, 0.2) is 18.2 Å². The Morgan fingerprint density at radius 1 is 1.33 bits per heavy atom. The number of hydrogen-bond acceptors (Lipinski definition) is 3. The molecular weight excluding hydrogens is 280 g/mol. The zero-order valence-electron chi connectivity index (χ0n) is 11.2. The second kappa shape index (κ2) is 7.94. The van der Waals surface area contributed by atoms with Gasteiger partial charge in [0.2, 0.25) is 5.91 Å². The Kier molecular flexibility index (Phi) is 6.27. The van der Waals surface area contributed by atoms with Gasteiger partial charge in [0.1, 0.15) is 6.04 Å². The van der Waals surface area contributed by atoms with E-state index < -0.39 is 35.1 Å². The first-order chi connectivity index (χ1) is 9.97. The minimum Gasteiger partial charge on any atom is -0.368 e. The Hall–Kier alpha value is -2.49. The lowest BCUT2D eigenvalue weighted by Gasteiger charge is -2.15. The summed E-state index contributed by atoms with van der Waals surface area (Å²) < 4.78 is 26.5. The van der Waals surface area contributed by atoms with Gasteiger partial charge in [0.05, 0.1) is 11.6 Å². The van der Waals surface area contributed by atoms with Crippen molar-refractivity contribution in [2.24, 2.45) is 5.73 Å². The molecule has 112 valence electrons. The molecule has 1 atom stereocenters. The van der Waals surface area contributed by atoms with Gasteiger partial charge in [-0.15, -0.1) is 0 Å². The molecule has 21 heavy (non-hydrogen) atoms. The van der Waals surface area contributed by atoms with Crippen molar-refractivity contribution in [1.29, 1.82) is 5.26 Å². The van der Waals surface area contributed by atoms with Crippen molar-refractivity contribution in [3.63, 3.8) is 0 Å². The fourth-order valence-electron chi connectivity index (χ4n) is 1.75. The number of unbranched alkanes of at least 4 members (excludes halogenated alkanes) is 2. The number of amides is 2. The Morgan fingerprint density at radius 2 is 2.05 bits per heavy atom. The average molecular weight is 295 g/mol. The summed E-state index contributed by atoms with van der Waals surface area (Å²) in [6.07, 6.45) is 1.63. The van der Waals surface area contributed by atoms with E-state index in [1.807, 2.05) is 6.07 Å². The minimum absolute atomic E-state index is 0.236. The van der Waals surface area contributed by atoms with Crippen molar-refractivity contribution in [3.05, 3.63) is 35.4 Å². The molecule has 0 aliphatic rings. The van der Waals surface area contributed by atoms with E-state index in [1.54, 1.807) is 0 Å². The van der Waals surface area contributed by atoms with Crippen LogP contribution in [0.4, 0.5) is 8.78 Å². The fraction of sp³-hybridized carbons (Fsp3) is 0.357. The van der Waals surface area contributed by atoms with E-state index >= 15 is 0 Å². The molecule has 0 aliphatic carbocycles. The van der Waals surface area contributed by atoms with Crippen molar-refractivity contribution >= 4 is 11.8 Å². The summed E-state index contributed by atoms with van der Waals surface area (Å²) in [7, 11) is 0. The van der Waals surface area contributed by atoms with E-state index in [9.17, 15) is 18.4 Å². The van der Waals surface area contributed by atoms with Gasteiger partial charge in [-0.05, 0) is 31.4 Å². The Balaban J connectivity index is 2.70. The van der Waals surface area contributed by atoms with E-state index in [0.29, 0.717) is 19.3 Å². The maximum Gasteiger partial charge on any atom is 0.255 e. The standard InChI is InChI=1S/C14H15F2N3O2/c15-10-6-4-5-9(12(10)16)14(21)19-11(13(18)20)7-2-1-3-8-17/h4-6,11H,1-3,7H2,(H2,18,20)(H,19,21)/t11-/m1/s1. The molecule has 3 N–H and O–H groups in total. The molecule has 0 radical (unpaired) electrons. The van der Waals surface area contributed by atoms with Crippen LogP contribution in [0.1, 0.15) is 36.0 Å². The van der Waals surface area contributed by atoms with Crippen LogP contribution < -0.4 is 11.1 Å². The highest BCUT2D eigenvalue weighted by atomic mass is 19.2. The van der Waals surface area contributed by atoms with E-state index in [4.69, 9.17) is 11.0 Å². The Morgan fingerprint density at radius 3 is 2.67 bits per heavy atom. The second-order valence-electron chi connectivity index (χ2n) is 4.43. The molecule has 5 nitrogen and oxygen atoms in total. The van der Waals surface area contributed by atoms with Gasteiger partial charge in [0, 0.05) is 6.42 Å². The molecule has 0 spiro atoms. The quantitative estimate of drug-likeness (QED) is 0.748. The molecule has 7 heteroatoms. The molecule has 1 aromatic rings. The van der Waals surface area contributed by atoms with Crippen molar-refractivity contribution < 1.29 is 18.4 Å². The van der Waals surface area contributed by atoms with Crippen LogP contribution in [0.2, 0.25) is 0 Å². The van der Waals surface area contributed by atoms with Gasteiger partial charge >= 0.3 is 0 Å². The molecule has 0 heterocycles. The highest BCUT2D eigenvalue weighted by Crippen LogP contribution is 2.12. The number of carbonyl (C=O) groups is 2. The minimum atomic E-state index is -1.28. The zero-order valence-corrected chi connectivity index (χ0v) is 11.2. The van der Waals surface area contributed by atoms with Gasteiger partial charge in [0.25, 0.3) is 5.91 Å². The molecule has 1 rings (SSSR count). The number of nitrogens with zero attached hydrogens (tertiary/aromatic N) is 1. The predicted octanol–water partition coefficient (Wildman–Crippen LogP) is 1.63. The Labute approximate surface area is 120 Å². The number of nitrogens with one attached hydrogen (secondary N) is 1. The topological polar surface area (TPSA) is 96.0 Å². The summed E-state index contributed by atoms with van der Waals surface area (Å²) in [4.78, 5) is 23.1. The molecule has 0 unspecified atom stereocenters. The molecule has 0 saturated carbocycles. The number of carbonyl (C=O) groups excluding carboxylic acids is 2. The number of halogens is 2. The summed E-state index contributed by atoms with van der Waals surface area (Å²) in [6, 6.07) is 4.16. The third kappa shape index (κ3) is 4.84. The first kappa shape index (κ1) is 16.6. The lowest BCUT2D eigenvalue weighted by Crippen LogP contribution is -2.44. The SMILES string of the molecule is N#CCCCC[C@@H](NC(=O)c1cccc(F)c1F)C(N)=O. The summed E-state index contributed by atoms with van der Waals surface area (Å²) in [5, 5.41) is 10.7. The second-order valence-corrected chi connectivity index (χ2v) is 4.43. The van der Waals surface area contributed by atoms with Gasteiger partial charge in [-0.2, -0.15) is 5.26 Å². The van der Waals surface area contributed by atoms with Gasteiger partial charge in [0.15, 0.2) is 11.6 Å². The van der Waals surface area contributed by atoms with Crippen molar-refractivity contribution in [3.8, 4) is 6.07 Å². The summed E-state index contributed by atoms with van der Waals surface area (Å²) in [6.45, 7) is 0. The van der Waals surface area contributed by atoms with Crippen LogP contribution in [0, 0.1) is 23.0 Å². The van der Waals surface area contributed by atoms with Gasteiger partial charge in [-0.1, -0.05) is 6.07 Å². The first-order valence-electron chi connectivity index (χ1n) is 6.38. The highest BCUT2D eigenvalue weighted by molar-refractivity contribution is 5.97. The van der Waals surface area contributed by atoms with E-state index in [0.717, 1.165) is 12.1 Å². The molecule has 0 aliphatic heterocycles. The van der Waals surface area contributed by atoms with E-state index in [1.165, 1.54) is 6.07 Å². The van der Waals surface area contributed by atoms with Gasteiger partial charge in [-0.3, -0.25) is 9.59 Å². The smallest absolute Gasteiger partial charge is 0.255 e. The maximum absolute atomic E-state index is 13.5. The number of hydrogen-bond donors (Lipinski definition) is 2. The third-order valence-electron chi connectivity index (χ3n) is 2.88. The molecule has 1 aromatic carbocycles. The first-order valence-corrected chi connectivity index (χ1v) is 6.38. The number of benzene rings is 1. The number of primary amides is 1. The number of nitriles is 1. The third-order valence-corrected chi connectivity index (χ3v) is 2.88. The maximum atomic E-state index is 13.5. The van der Waals surface area contributed by atoms with Crippen LogP contribution in [0.5, 0.6) is 0 Å². The monoisotopic (exact) mass is 295 g/mol. The van der Waals surface area contributed by atoms with Crippen LogP contribution in [0.25, 0.3) is 0 Å². The molecule has 0 aromatic heterocycles. The Bertz CT molecular complexity index is 570. The summed E-state index contributed by atoms with van der Waals surface area (Å²) >= 11 is 0. The highest BCUT2D eigenvalue weighted by Gasteiger charge is 2.21. The van der Waals surface area contributed by atoms with E-state index in [-0.39, 0.29) is 6.42 Å². The van der Waals surface area contributed by atoms with E-state index in [2.05, 4.69) is 5.32 Å². The molecule has 0 bridgehead atoms. The van der Waals surface area contributed by atoms with Gasteiger partial charge < -0.3 is 11.1 Å². The molecule has 2 amide bonds. The van der Waals surface area contributed by atoms with Crippen molar-refractivity contribution in [2.75, 3.05) is 0 Å².